The molecule has 0 rings (SSSR count). The van der Waals surface area contributed by atoms with E-state index < -0.39 is 65.0 Å². The van der Waals surface area contributed by atoms with Gasteiger partial charge in [-0.15, -0.1) is 0 Å². The van der Waals surface area contributed by atoms with E-state index in [0.717, 1.165) is 13.8 Å². The Morgan fingerprint density at radius 2 is 0.743 bits per heavy atom. The molecule has 202 valence electrons. The van der Waals surface area contributed by atoms with Crippen LogP contribution in [0.5, 0.6) is 0 Å². The number of aliphatic carboxylic acids is 8. The normalized spacial score (nSPS) is 9.83. The summed E-state index contributed by atoms with van der Waals surface area (Å²) in [5.41, 5.74) is -3.25. The van der Waals surface area contributed by atoms with E-state index in [1.54, 1.807) is 13.8 Å². The summed E-state index contributed by atoms with van der Waals surface area (Å²) >= 11 is 0. The van der Waals surface area contributed by atoms with Gasteiger partial charge in [0, 0.05) is 0 Å². The number of hydrogen-bond donors (Lipinski definition) is 8. The van der Waals surface area contributed by atoms with E-state index in [-0.39, 0.29) is 25.7 Å². The molecule has 0 unspecified atom stereocenters. The fourth-order valence-electron chi connectivity index (χ4n) is 1.38. The Labute approximate surface area is 198 Å². The molecule has 16 heteroatoms. The summed E-state index contributed by atoms with van der Waals surface area (Å²) in [4.78, 5) is 79.4. The molecule has 0 aliphatic carbocycles. The van der Waals surface area contributed by atoms with Crippen LogP contribution in [0.25, 0.3) is 0 Å². The summed E-state index contributed by atoms with van der Waals surface area (Å²) in [5, 5.41) is 64.9. The van der Waals surface area contributed by atoms with E-state index in [1.165, 1.54) is 0 Å². The Hall–Kier alpha value is -4.24. The van der Waals surface area contributed by atoms with Gasteiger partial charge in [0.05, 0.1) is 12.8 Å². The number of hydrogen-bond acceptors (Lipinski definition) is 8. The van der Waals surface area contributed by atoms with Crippen molar-refractivity contribution in [3.8, 4) is 0 Å². The van der Waals surface area contributed by atoms with Gasteiger partial charge in [-0.3, -0.25) is 38.4 Å². The van der Waals surface area contributed by atoms with Gasteiger partial charge in [-0.1, -0.05) is 13.8 Å². The fourth-order valence-corrected chi connectivity index (χ4v) is 1.38. The third-order valence-corrected chi connectivity index (χ3v) is 3.95. The van der Waals surface area contributed by atoms with E-state index >= 15 is 0 Å². The topological polar surface area (TPSA) is 298 Å². The summed E-state index contributed by atoms with van der Waals surface area (Å²) in [6, 6.07) is 0. The van der Waals surface area contributed by atoms with Crippen molar-refractivity contribution in [1.82, 2.24) is 0 Å². The predicted molar refractivity (Wildman–Crippen MR) is 112 cm³/mol. The van der Waals surface area contributed by atoms with Crippen LogP contribution in [0.2, 0.25) is 0 Å². The lowest BCUT2D eigenvalue weighted by Crippen LogP contribution is -2.38. The summed E-state index contributed by atoms with van der Waals surface area (Å²) in [7, 11) is 0. The zero-order valence-electron chi connectivity index (χ0n) is 19.4. The Balaban J connectivity index is -0.000000186. The number of carbonyl (C=O) groups is 8. The Morgan fingerprint density at radius 3 is 0.771 bits per heavy atom. The molecule has 0 bridgehead atoms. The molecule has 0 saturated carbocycles. The first-order valence-corrected chi connectivity index (χ1v) is 9.46. The van der Waals surface area contributed by atoms with Gasteiger partial charge in [-0.25, -0.2) is 0 Å². The van der Waals surface area contributed by atoms with E-state index in [4.69, 9.17) is 40.9 Å². The third kappa shape index (κ3) is 19.0. The van der Waals surface area contributed by atoms with Gasteiger partial charge >= 0.3 is 47.8 Å². The monoisotopic (exact) mass is 514 g/mol. The lowest BCUT2D eigenvalue weighted by molar-refractivity contribution is -0.166. The second kappa shape index (κ2) is 18.2. The highest BCUT2D eigenvalue weighted by Crippen LogP contribution is 2.26. The van der Waals surface area contributed by atoms with Gasteiger partial charge in [0.25, 0.3) is 0 Å². The Morgan fingerprint density at radius 1 is 0.486 bits per heavy atom. The molecule has 0 radical (unpaired) electrons. The highest BCUT2D eigenvalue weighted by molar-refractivity contribution is 5.98. The molecule has 0 aromatic heterocycles. The van der Waals surface area contributed by atoms with Crippen molar-refractivity contribution in [2.75, 3.05) is 0 Å². The van der Waals surface area contributed by atoms with Crippen LogP contribution >= 0.6 is 0 Å². The zero-order valence-corrected chi connectivity index (χ0v) is 19.4. The quantitative estimate of drug-likeness (QED) is 0.175. The molecule has 0 saturated heterocycles. The summed E-state index contributed by atoms with van der Waals surface area (Å²) < 4.78 is 0. The standard InChI is InChI=1S/C7H12O4.C5H8O4.C4H6O4.C3H4O4/c1-3-7(4-2,5(8)9)6(10)11;1-5(2,3(6)7)4(8)9;5-3(6)1-2-4(7)8;4-2(5)1-3(6)7/h3-4H2,1-2H3,(H,8,9)(H,10,11);1-2H3,(H,6,7)(H,8,9);1-2H2,(H,5,6)(H,7,8);1H2,(H,4,5)(H,6,7). The van der Waals surface area contributed by atoms with Gasteiger partial charge < -0.3 is 40.9 Å². The van der Waals surface area contributed by atoms with Crippen molar-refractivity contribution < 1.29 is 79.2 Å². The minimum atomic E-state index is -1.67. The SMILES string of the molecule is CC(C)(C(=O)O)C(=O)O.CCC(CC)(C(=O)O)C(=O)O.O=C(O)CC(=O)O.O=C(O)CCC(=O)O. The molecule has 0 aromatic rings. The zero-order chi connectivity index (χ0) is 29.2. The molecule has 16 nitrogen and oxygen atoms in total. The highest BCUT2D eigenvalue weighted by Gasteiger charge is 2.42. The van der Waals surface area contributed by atoms with Crippen LogP contribution in [0, 0.1) is 10.8 Å². The highest BCUT2D eigenvalue weighted by atomic mass is 16.4. The van der Waals surface area contributed by atoms with Crippen molar-refractivity contribution >= 4 is 47.8 Å². The first-order chi connectivity index (χ1) is 15.6. The number of carboxylic acids is 8. The lowest BCUT2D eigenvalue weighted by Gasteiger charge is -2.20. The second-order valence-corrected chi connectivity index (χ2v) is 6.89. The van der Waals surface area contributed by atoms with Gasteiger partial charge in [0.15, 0.2) is 10.8 Å². The van der Waals surface area contributed by atoms with Crippen LogP contribution < -0.4 is 0 Å². The maximum absolute atomic E-state index is 10.5. The van der Waals surface area contributed by atoms with E-state index in [2.05, 4.69) is 0 Å². The molecule has 8 N–H and O–H groups in total. The second-order valence-electron chi connectivity index (χ2n) is 6.89. The van der Waals surface area contributed by atoms with Crippen LogP contribution in [0.1, 0.15) is 59.8 Å². The largest absolute Gasteiger partial charge is 0.481 e. The van der Waals surface area contributed by atoms with Crippen LogP contribution in [0.15, 0.2) is 0 Å². The first kappa shape index (κ1) is 38.0. The smallest absolute Gasteiger partial charge is 0.321 e. The molecule has 0 atom stereocenters. The molecule has 35 heavy (non-hydrogen) atoms. The number of rotatable bonds is 11. The molecule has 0 spiro atoms. The predicted octanol–water partition coefficient (Wildman–Crippen LogP) is 0.625. The first-order valence-electron chi connectivity index (χ1n) is 9.46. The minimum Gasteiger partial charge on any atom is -0.481 e. The average molecular weight is 514 g/mol. The minimum absolute atomic E-state index is 0.119. The maximum Gasteiger partial charge on any atom is 0.321 e. The van der Waals surface area contributed by atoms with Crippen LogP contribution in [-0.2, 0) is 38.4 Å². The van der Waals surface area contributed by atoms with Gasteiger partial charge in [0.2, 0.25) is 0 Å². The molecule has 0 heterocycles. The Bertz CT molecular complexity index is 718. The van der Waals surface area contributed by atoms with Crippen molar-refractivity contribution in [3.05, 3.63) is 0 Å². The molecule has 0 aromatic carbocycles. The molecule has 0 fully saturated rings. The molecule has 0 amide bonds. The lowest BCUT2D eigenvalue weighted by atomic mass is 9.83. The molecular formula is C19H30O16. The summed E-state index contributed by atoms with van der Waals surface area (Å²) in [5.74, 6) is -9.94. The van der Waals surface area contributed by atoms with Gasteiger partial charge in [-0.2, -0.15) is 0 Å². The van der Waals surface area contributed by atoms with Gasteiger partial charge in [-0.05, 0) is 26.7 Å². The maximum atomic E-state index is 10.5. The van der Waals surface area contributed by atoms with Crippen molar-refractivity contribution in [2.24, 2.45) is 10.8 Å². The molecular weight excluding hydrogens is 484 g/mol. The van der Waals surface area contributed by atoms with Crippen LogP contribution in [-0.4, -0.2) is 88.6 Å². The third-order valence-electron chi connectivity index (χ3n) is 3.95. The van der Waals surface area contributed by atoms with E-state index in [0.29, 0.717) is 0 Å². The van der Waals surface area contributed by atoms with Crippen molar-refractivity contribution in [2.45, 2.75) is 59.8 Å². The van der Waals surface area contributed by atoms with Crippen LogP contribution in [0.4, 0.5) is 0 Å². The number of carboxylic acid groups (broad SMARTS) is 8. The van der Waals surface area contributed by atoms with E-state index in [9.17, 15) is 38.4 Å². The average Bonchev–Trinajstić information content (AvgIpc) is 2.67. The summed E-state index contributed by atoms with van der Waals surface area (Å²) in [6.45, 7) is 5.40. The Kier molecular flexibility index (Phi) is 19.8. The van der Waals surface area contributed by atoms with Crippen LogP contribution in [0.3, 0.4) is 0 Å². The van der Waals surface area contributed by atoms with Gasteiger partial charge in [0.1, 0.15) is 6.42 Å². The van der Waals surface area contributed by atoms with Crippen molar-refractivity contribution in [3.63, 3.8) is 0 Å². The molecule has 0 aliphatic rings. The van der Waals surface area contributed by atoms with E-state index in [1.807, 2.05) is 0 Å². The molecule has 0 aliphatic heterocycles. The fraction of sp³-hybridized carbons (Fsp3) is 0.579. The van der Waals surface area contributed by atoms with Crippen molar-refractivity contribution in [1.29, 1.82) is 0 Å². The summed E-state index contributed by atoms with van der Waals surface area (Å²) in [6.07, 6.45) is -1.16.